The second kappa shape index (κ2) is 5.48. The van der Waals surface area contributed by atoms with Gasteiger partial charge in [0.05, 0.1) is 13.2 Å². The van der Waals surface area contributed by atoms with E-state index < -0.39 is 0 Å². The van der Waals surface area contributed by atoms with Gasteiger partial charge in [-0.1, -0.05) is 0 Å². The number of rotatable bonds is 1. The quantitative estimate of drug-likeness (QED) is 0.819. The molecule has 0 bridgehead atoms. The van der Waals surface area contributed by atoms with Crippen molar-refractivity contribution >= 4 is 5.69 Å². The SMILES string of the molecule is c1cc2c(cc1N1CCCNCC1)OCCCO2. The number of ether oxygens (including phenoxy) is 2. The molecule has 3 rings (SSSR count). The minimum Gasteiger partial charge on any atom is -0.490 e. The van der Waals surface area contributed by atoms with Crippen LogP contribution in [-0.4, -0.2) is 39.4 Å². The van der Waals surface area contributed by atoms with E-state index >= 15 is 0 Å². The molecule has 0 amide bonds. The van der Waals surface area contributed by atoms with E-state index in [2.05, 4.69) is 22.3 Å². The van der Waals surface area contributed by atoms with E-state index in [1.807, 2.05) is 6.07 Å². The molecule has 2 heterocycles. The Balaban J connectivity index is 1.81. The van der Waals surface area contributed by atoms with Crippen molar-refractivity contribution in [3.8, 4) is 11.5 Å². The molecule has 4 nitrogen and oxygen atoms in total. The normalized spacial score (nSPS) is 20.1. The van der Waals surface area contributed by atoms with Crippen LogP contribution in [0.15, 0.2) is 18.2 Å². The summed E-state index contributed by atoms with van der Waals surface area (Å²) in [5.74, 6) is 1.77. The lowest BCUT2D eigenvalue weighted by Gasteiger charge is -2.23. The Kier molecular flexibility index (Phi) is 3.55. The third-order valence-corrected chi connectivity index (χ3v) is 3.44. The van der Waals surface area contributed by atoms with Gasteiger partial charge >= 0.3 is 0 Å². The first-order valence-electron chi connectivity index (χ1n) is 6.79. The van der Waals surface area contributed by atoms with E-state index in [4.69, 9.17) is 9.47 Å². The molecule has 1 saturated heterocycles. The van der Waals surface area contributed by atoms with E-state index in [1.54, 1.807) is 0 Å². The maximum Gasteiger partial charge on any atom is 0.163 e. The molecule has 1 aromatic rings. The van der Waals surface area contributed by atoms with Crippen molar-refractivity contribution in [3.63, 3.8) is 0 Å². The smallest absolute Gasteiger partial charge is 0.163 e. The van der Waals surface area contributed by atoms with Crippen LogP contribution in [0.4, 0.5) is 5.69 Å². The minimum absolute atomic E-state index is 0.748. The average molecular weight is 248 g/mol. The van der Waals surface area contributed by atoms with E-state index in [0.29, 0.717) is 0 Å². The van der Waals surface area contributed by atoms with E-state index in [-0.39, 0.29) is 0 Å². The first-order chi connectivity index (χ1) is 8.93. The number of anilines is 1. The maximum atomic E-state index is 5.74. The first-order valence-corrected chi connectivity index (χ1v) is 6.79. The molecule has 0 aromatic heterocycles. The van der Waals surface area contributed by atoms with Crippen LogP contribution in [0.5, 0.6) is 11.5 Å². The van der Waals surface area contributed by atoms with Gasteiger partial charge in [0, 0.05) is 37.8 Å². The molecule has 0 aliphatic carbocycles. The molecule has 0 radical (unpaired) electrons. The summed E-state index contributed by atoms with van der Waals surface area (Å²) >= 11 is 0. The molecular formula is C14H20N2O2. The van der Waals surface area contributed by atoms with Crippen LogP contribution in [0.2, 0.25) is 0 Å². The van der Waals surface area contributed by atoms with Crippen LogP contribution in [0.1, 0.15) is 12.8 Å². The van der Waals surface area contributed by atoms with Crippen molar-refractivity contribution in [1.29, 1.82) is 0 Å². The topological polar surface area (TPSA) is 33.7 Å². The predicted octanol–water partition coefficient (Wildman–Crippen LogP) is 1.65. The Hall–Kier alpha value is -1.42. The zero-order valence-electron chi connectivity index (χ0n) is 10.7. The van der Waals surface area contributed by atoms with Crippen molar-refractivity contribution in [1.82, 2.24) is 5.32 Å². The molecule has 0 saturated carbocycles. The van der Waals surface area contributed by atoms with Gasteiger partial charge in [-0.05, 0) is 25.1 Å². The lowest BCUT2D eigenvalue weighted by molar-refractivity contribution is 0.297. The molecule has 98 valence electrons. The molecule has 2 aliphatic heterocycles. The zero-order valence-corrected chi connectivity index (χ0v) is 10.7. The Labute approximate surface area is 108 Å². The van der Waals surface area contributed by atoms with Crippen molar-refractivity contribution in [2.45, 2.75) is 12.8 Å². The van der Waals surface area contributed by atoms with Crippen molar-refractivity contribution < 1.29 is 9.47 Å². The Morgan fingerprint density at radius 1 is 0.944 bits per heavy atom. The van der Waals surface area contributed by atoms with Gasteiger partial charge in [-0.3, -0.25) is 0 Å². The van der Waals surface area contributed by atoms with Gasteiger partial charge in [0.25, 0.3) is 0 Å². The molecule has 0 spiro atoms. The maximum absolute atomic E-state index is 5.74. The first kappa shape index (κ1) is 11.7. The van der Waals surface area contributed by atoms with Gasteiger partial charge in [-0.25, -0.2) is 0 Å². The lowest BCUT2D eigenvalue weighted by Crippen LogP contribution is -2.27. The van der Waals surface area contributed by atoms with Crippen molar-refractivity contribution in [2.24, 2.45) is 0 Å². The summed E-state index contributed by atoms with van der Waals surface area (Å²) in [5, 5.41) is 3.42. The summed E-state index contributed by atoms with van der Waals surface area (Å²) in [5.41, 5.74) is 1.24. The zero-order chi connectivity index (χ0) is 12.2. The second-order valence-electron chi connectivity index (χ2n) is 4.77. The largest absolute Gasteiger partial charge is 0.490 e. The van der Waals surface area contributed by atoms with Crippen molar-refractivity contribution in [2.75, 3.05) is 44.3 Å². The summed E-state index contributed by atoms with van der Waals surface area (Å²) in [7, 11) is 0. The fraction of sp³-hybridized carbons (Fsp3) is 0.571. The Morgan fingerprint density at radius 3 is 2.78 bits per heavy atom. The molecule has 4 heteroatoms. The molecule has 0 atom stereocenters. The van der Waals surface area contributed by atoms with Crippen LogP contribution in [0.25, 0.3) is 0 Å². The van der Waals surface area contributed by atoms with Crippen molar-refractivity contribution in [3.05, 3.63) is 18.2 Å². The highest BCUT2D eigenvalue weighted by Gasteiger charge is 2.14. The van der Waals surface area contributed by atoms with Crippen LogP contribution in [-0.2, 0) is 0 Å². The lowest BCUT2D eigenvalue weighted by atomic mass is 10.2. The summed E-state index contributed by atoms with van der Waals surface area (Å²) in [6.07, 6.45) is 2.14. The average Bonchev–Trinajstić information content (AvgIpc) is 2.80. The third kappa shape index (κ3) is 2.53. The van der Waals surface area contributed by atoms with E-state index in [0.717, 1.165) is 57.3 Å². The molecule has 0 unspecified atom stereocenters. The standard InChI is InChI=1S/C14H20N2O2/c1-5-15-6-8-16(7-1)12-3-4-13-14(11-12)18-10-2-9-17-13/h3-4,11,15H,1-2,5-10H2. The second-order valence-corrected chi connectivity index (χ2v) is 4.77. The van der Waals surface area contributed by atoms with Crippen LogP contribution >= 0.6 is 0 Å². The fourth-order valence-electron chi connectivity index (χ4n) is 2.45. The number of hydrogen-bond acceptors (Lipinski definition) is 4. The molecular weight excluding hydrogens is 228 g/mol. The molecule has 2 aliphatic rings. The van der Waals surface area contributed by atoms with Gasteiger partial charge in [0.15, 0.2) is 11.5 Å². The van der Waals surface area contributed by atoms with Gasteiger partial charge in [-0.15, -0.1) is 0 Å². The fourth-order valence-corrected chi connectivity index (χ4v) is 2.45. The highest BCUT2D eigenvalue weighted by atomic mass is 16.5. The number of nitrogens with zero attached hydrogens (tertiary/aromatic N) is 1. The molecule has 1 N–H and O–H groups in total. The summed E-state index contributed by atoms with van der Waals surface area (Å²) in [6.45, 7) is 5.82. The highest BCUT2D eigenvalue weighted by Crippen LogP contribution is 2.33. The van der Waals surface area contributed by atoms with Gasteiger partial charge in [-0.2, -0.15) is 0 Å². The number of nitrogens with one attached hydrogen (secondary N) is 1. The monoisotopic (exact) mass is 248 g/mol. The predicted molar refractivity (Wildman–Crippen MR) is 71.7 cm³/mol. The minimum atomic E-state index is 0.748. The molecule has 1 fully saturated rings. The Morgan fingerprint density at radius 2 is 1.83 bits per heavy atom. The summed E-state index contributed by atoms with van der Waals surface area (Å²) < 4.78 is 11.4. The number of fused-ring (bicyclic) bond motifs is 1. The third-order valence-electron chi connectivity index (χ3n) is 3.44. The number of benzene rings is 1. The number of hydrogen-bond donors (Lipinski definition) is 1. The van der Waals surface area contributed by atoms with E-state index in [1.165, 1.54) is 12.1 Å². The van der Waals surface area contributed by atoms with Crippen LogP contribution < -0.4 is 19.7 Å². The van der Waals surface area contributed by atoms with Crippen LogP contribution in [0.3, 0.4) is 0 Å². The van der Waals surface area contributed by atoms with E-state index in [9.17, 15) is 0 Å². The molecule has 18 heavy (non-hydrogen) atoms. The van der Waals surface area contributed by atoms with Gasteiger partial charge in [0.2, 0.25) is 0 Å². The highest BCUT2D eigenvalue weighted by molar-refractivity contribution is 5.56. The molecule has 1 aromatic carbocycles. The van der Waals surface area contributed by atoms with Gasteiger partial charge in [0.1, 0.15) is 0 Å². The summed E-state index contributed by atoms with van der Waals surface area (Å²) in [4.78, 5) is 2.41. The van der Waals surface area contributed by atoms with Gasteiger partial charge < -0.3 is 19.7 Å². The summed E-state index contributed by atoms with van der Waals surface area (Å²) in [6, 6.07) is 6.29. The van der Waals surface area contributed by atoms with Crippen LogP contribution in [0, 0.1) is 0 Å². The Bertz CT molecular complexity index is 401.